The van der Waals surface area contributed by atoms with Gasteiger partial charge in [-0.25, -0.2) is 0 Å². The van der Waals surface area contributed by atoms with Gasteiger partial charge in [-0.2, -0.15) is 9.34 Å². The molecule has 1 heterocycles. The maximum absolute atomic E-state index is 16.7. The van der Waals surface area contributed by atoms with E-state index in [4.69, 9.17) is 0 Å². The van der Waals surface area contributed by atoms with Crippen molar-refractivity contribution < 1.29 is 4.20 Å². The minimum Gasteiger partial charge on any atom is -0.193 e. The summed E-state index contributed by atoms with van der Waals surface area (Å²) in [6.45, 7) is 1.36. The zero-order valence-electron chi connectivity index (χ0n) is 13.3. The molecule has 1 aliphatic heterocycles. The Bertz CT molecular complexity index is 748. The van der Waals surface area contributed by atoms with E-state index in [1.54, 1.807) is 0 Å². The Balaban J connectivity index is 1.85. The average molecular weight is 337 g/mol. The molecule has 0 aliphatic carbocycles. The lowest BCUT2D eigenvalue weighted by Gasteiger charge is -2.28. The molecule has 3 aromatic carbocycles. The standard InChI is InChI=1S/C20H19FN2P/c21-24(20-14-8-3-9-15-20)22(18-10-4-1-5-11-18)16-17-23(24)19-12-6-2-7-13-19/h1-15H,16-17H2/q+1. The second-order valence-electron chi connectivity index (χ2n) is 5.78. The Morgan fingerprint density at radius 2 is 0.958 bits per heavy atom. The van der Waals surface area contributed by atoms with E-state index in [1.165, 1.54) is 0 Å². The SMILES string of the molecule is F[P+]1(c2ccccc2)N(c2ccccc2)CCN1c1ccccc1. The van der Waals surface area contributed by atoms with Crippen LogP contribution in [0.15, 0.2) is 91.0 Å². The number of halogens is 1. The van der Waals surface area contributed by atoms with Crippen molar-refractivity contribution in [3.8, 4) is 0 Å². The lowest BCUT2D eigenvalue weighted by molar-refractivity contribution is 0.861. The molecular formula is C20H19FN2P+. The molecule has 0 bridgehead atoms. The van der Waals surface area contributed by atoms with Crippen LogP contribution in [0.5, 0.6) is 0 Å². The Kier molecular flexibility index (Phi) is 3.95. The summed E-state index contributed by atoms with van der Waals surface area (Å²) in [6.07, 6.45) is 0. The van der Waals surface area contributed by atoms with Crippen LogP contribution in [0.3, 0.4) is 0 Å². The zero-order valence-corrected chi connectivity index (χ0v) is 14.2. The van der Waals surface area contributed by atoms with E-state index in [0.29, 0.717) is 13.1 Å². The minimum absolute atomic E-state index is 0.679. The summed E-state index contributed by atoms with van der Waals surface area (Å²) in [4.78, 5) is 0. The van der Waals surface area contributed by atoms with E-state index in [9.17, 15) is 0 Å². The van der Waals surface area contributed by atoms with Crippen molar-refractivity contribution in [2.75, 3.05) is 22.4 Å². The summed E-state index contributed by atoms with van der Waals surface area (Å²) in [5, 5.41) is 0.759. The second-order valence-corrected chi connectivity index (χ2v) is 8.31. The summed E-state index contributed by atoms with van der Waals surface area (Å²) in [5.74, 6) is 0. The van der Waals surface area contributed by atoms with Crippen LogP contribution in [0.4, 0.5) is 15.6 Å². The van der Waals surface area contributed by atoms with Crippen molar-refractivity contribution in [3.63, 3.8) is 0 Å². The number of hydrogen-bond donors (Lipinski definition) is 0. The van der Waals surface area contributed by atoms with E-state index in [-0.39, 0.29) is 0 Å². The molecule has 3 aromatic rings. The molecule has 0 N–H and O–H groups in total. The van der Waals surface area contributed by atoms with Crippen molar-refractivity contribution in [1.29, 1.82) is 0 Å². The number of anilines is 2. The van der Waals surface area contributed by atoms with Crippen molar-refractivity contribution in [1.82, 2.24) is 0 Å². The smallest absolute Gasteiger partial charge is 0.193 e. The van der Waals surface area contributed by atoms with Crippen molar-refractivity contribution in [2.24, 2.45) is 0 Å². The Morgan fingerprint density at radius 3 is 1.38 bits per heavy atom. The monoisotopic (exact) mass is 337 g/mol. The van der Waals surface area contributed by atoms with Crippen LogP contribution in [-0.4, -0.2) is 13.1 Å². The normalized spacial score (nSPS) is 16.4. The molecule has 0 saturated carbocycles. The Labute approximate surface area is 142 Å². The van der Waals surface area contributed by atoms with Crippen LogP contribution in [0.2, 0.25) is 0 Å². The fourth-order valence-corrected chi connectivity index (χ4v) is 6.20. The van der Waals surface area contributed by atoms with Gasteiger partial charge in [0.1, 0.15) is 0 Å². The summed E-state index contributed by atoms with van der Waals surface area (Å²) < 4.78 is 20.6. The summed E-state index contributed by atoms with van der Waals surface area (Å²) in [6, 6.07) is 29.4. The van der Waals surface area contributed by atoms with Gasteiger partial charge in [-0.05, 0) is 40.6 Å². The first-order valence-electron chi connectivity index (χ1n) is 8.10. The van der Waals surface area contributed by atoms with E-state index in [2.05, 4.69) is 0 Å². The van der Waals surface area contributed by atoms with Crippen molar-refractivity contribution >= 4 is 24.6 Å². The zero-order chi connectivity index (χ0) is 16.4. The quantitative estimate of drug-likeness (QED) is 0.616. The summed E-state index contributed by atoms with van der Waals surface area (Å²) in [7, 11) is -3.17. The number of para-hydroxylation sites is 2. The highest BCUT2D eigenvalue weighted by Gasteiger charge is 2.60. The van der Waals surface area contributed by atoms with Crippen LogP contribution in [0.1, 0.15) is 0 Å². The number of benzene rings is 3. The van der Waals surface area contributed by atoms with Gasteiger partial charge < -0.3 is 0 Å². The van der Waals surface area contributed by atoms with Gasteiger partial charge in [-0.3, -0.25) is 0 Å². The molecule has 0 aromatic heterocycles. The second kappa shape index (κ2) is 6.26. The summed E-state index contributed by atoms with van der Waals surface area (Å²) in [5.41, 5.74) is 1.88. The Morgan fingerprint density at radius 1 is 0.583 bits per heavy atom. The predicted molar refractivity (Wildman–Crippen MR) is 102 cm³/mol. The van der Waals surface area contributed by atoms with Gasteiger partial charge in [0.05, 0.1) is 24.5 Å². The molecule has 2 nitrogen and oxygen atoms in total. The molecule has 0 amide bonds. The number of rotatable bonds is 3. The predicted octanol–water partition coefficient (Wildman–Crippen LogP) is 5.07. The molecule has 1 saturated heterocycles. The van der Waals surface area contributed by atoms with Gasteiger partial charge in [0.25, 0.3) is 0 Å². The van der Waals surface area contributed by atoms with E-state index >= 15 is 4.20 Å². The Hall–Kier alpha value is -2.38. The van der Waals surface area contributed by atoms with Gasteiger partial charge in [0, 0.05) is 0 Å². The first-order valence-corrected chi connectivity index (χ1v) is 9.69. The third-order valence-electron chi connectivity index (χ3n) is 4.36. The lowest BCUT2D eigenvalue weighted by Crippen LogP contribution is -2.29. The molecule has 24 heavy (non-hydrogen) atoms. The maximum atomic E-state index is 16.7. The minimum atomic E-state index is -3.17. The van der Waals surface area contributed by atoms with Gasteiger partial charge >= 0.3 is 7.87 Å². The van der Waals surface area contributed by atoms with Gasteiger partial charge in [0.2, 0.25) is 0 Å². The molecule has 0 unspecified atom stereocenters. The van der Waals surface area contributed by atoms with Crippen LogP contribution in [-0.2, 0) is 0 Å². The van der Waals surface area contributed by atoms with Gasteiger partial charge in [-0.15, -0.1) is 0 Å². The largest absolute Gasteiger partial charge is 0.427 e. The van der Waals surface area contributed by atoms with Gasteiger partial charge in [-0.1, -0.05) is 54.6 Å². The maximum Gasteiger partial charge on any atom is 0.427 e. The molecule has 4 heteroatoms. The molecule has 120 valence electrons. The third kappa shape index (κ3) is 2.46. The van der Waals surface area contributed by atoms with Crippen LogP contribution >= 0.6 is 7.87 Å². The molecule has 1 aliphatic rings. The topological polar surface area (TPSA) is 6.48 Å². The summed E-state index contributed by atoms with van der Waals surface area (Å²) >= 11 is 0. The highest BCUT2D eigenvalue weighted by Crippen LogP contribution is 2.70. The highest BCUT2D eigenvalue weighted by molar-refractivity contribution is 7.81. The first kappa shape index (κ1) is 15.2. The fraction of sp³-hybridized carbons (Fsp3) is 0.100. The average Bonchev–Trinajstić information content (AvgIpc) is 3.02. The number of nitrogens with zero attached hydrogens (tertiary/aromatic N) is 2. The fourth-order valence-electron chi connectivity index (χ4n) is 3.25. The lowest BCUT2D eigenvalue weighted by atomic mass is 10.3. The first-order chi connectivity index (χ1) is 11.8. The van der Waals surface area contributed by atoms with E-state index < -0.39 is 7.87 Å². The van der Waals surface area contributed by atoms with E-state index in [0.717, 1.165) is 16.7 Å². The van der Waals surface area contributed by atoms with Crippen LogP contribution < -0.4 is 14.6 Å². The molecule has 1 fully saturated rings. The van der Waals surface area contributed by atoms with Crippen molar-refractivity contribution in [2.45, 2.75) is 0 Å². The third-order valence-corrected chi connectivity index (χ3v) is 7.45. The molecule has 0 spiro atoms. The van der Waals surface area contributed by atoms with Gasteiger partial charge in [0.15, 0.2) is 5.30 Å². The molecule has 0 radical (unpaired) electrons. The highest BCUT2D eigenvalue weighted by atomic mass is 31.2. The van der Waals surface area contributed by atoms with E-state index in [1.807, 2.05) is 100 Å². The van der Waals surface area contributed by atoms with Crippen LogP contribution in [0, 0.1) is 0 Å². The molecule has 4 rings (SSSR count). The molecule has 0 atom stereocenters. The van der Waals surface area contributed by atoms with Crippen molar-refractivity contribution in [3.05, 3.63) is 91.0 Å². The number of hydrogen-bond acceptors (Lipinski definition) is 2. The van der Waals surface area contributed by atoms with Crippen LogP contribution in [0.25, 0.3) is 0 Å². The molecular weight excluding hydrogens is 318 g/mol.